The summed E-state index contributed by atoms with van der Waals surface area (Å²) in [4.78, 5) is 30.3. The highest BCUT2D eigenvalue weighted by Gasteiger charge is 2.20. The van der Waals surface area contributed by atoms with Crippen LogP contribution in [0, 0.1) is 6.92 Å². The molecule has 146 valence electrons. The first-order valence-electron chi connectivity index (χ1n) is 9.14. The summed E-state index contributed by atoms with van der Waals surface area (Å²) in [6, 6.07) is 12.7. The van der Waals surface area contributed by atoms with Gasteiger partial charge in [-0.3, -0.25) is 14.2 Å². The average Bonchev–Trinajstić information content (AvgIpc) is 2.65. The molecule has 0 unspecified atom stereocenters. The number of fused-ring (bicyclic) bond motifs is 1. The highest BCUT2D eigenvalue weighted by atomic mass is 35.5. The molecule has 0 radical (unpaired) electrons. The van der Waals surface area contributed by atoms with E-state index in [1.165, 1.54) is 11.8 Å². The molecular weight excluding hydrogens is 394 g/mol. The zero-order chi connectivity index (χ0) is 20.3. The van der Waals surface area contributed by atoms with Gasteiger partial charge in [0.25, 0.3) is 5.56 Å². The van der Waals surface area contributed by atoms with Crippen LogP contribution in [0.3, 0.4) is 0 Å². The van der Waals surface area contributed by atoms with Gasteiger partial charge in [0.2, 0.25) is 5.91 Å². The van der Waals surface area contributed by atoms with E-state index in [0.29, 0.717) is 27.6 Å². The Morgan fingerprint density at radius 1 is 1.29 bits per heavy atom. The van der Waals surface area contributed by atoms with Crippen molar-refractivity contribution in [2.75, 3.05) is 6.54 Å². The number of hydrogen-bond acceptors (Lipinski definition) is 4. The number of benzene rings is 2. The molecule has 0 fully saturated rings. The van der Waals surface area contributed by atoms with Crippen LogP contribution in [0.15, 0.2) is 52.4 Å². The Hall–Kier alpha value is -2.31. The van der Waals surface area contributed by atoms with Gasteiger partial charge in [-0.2, -0.15) is 0 Å². The minimum atomic E-state index is -0.397. The van der Waals surface area contributed by atoms with Gasteiger partial charge < -0.3 is 5.32 Å². The summed E-state index contributed by atoms with van der Waals surface area (Å²) in [5, 5.41) is 3.95. The lowest BCUT2D eigenvalue weighted by Gasteiger charge is -2.16. The minimum absolute atomic E-state index is 0.0805. The van der Waals surface area contributed by atoms with Gasteiger partial charge in [-0.1, -0.05) is 42.4 Å². The van der Waals surface area contributed by atoms with Crippen molar-refractivity contribution in [3.63, 3.8) is 0 Å². The lowest BCUT2D eigenvalue weighted by atomic mass is 10.2. The zero-order valence-electron chi connectivity index (χ0n) is 16.0. The fourth-order valence-electron chi connectivity index (χ4n) is 2.82. The highest BCUT2D eigenvalue weighted by molar-refractivity contribution is 8.00. The molecular formula is C21H22ClN3O2S. The first-order valence-corrected chi connectivity index (χ1v) is 10.4. The number of nitrogens with zero attached hydrogens (tertiary/aromatic N) is 2. The van der Waals surface area contributed by atoms with E-state index in [0.717, 1.165) is 17.7 Å². The van der Waals surface area contributed by atoms with Crippen LogP contribution < -0.4 is 10.9 Å². The van der Waals surface area contributed by atoms with Gasteiger partial charge >= 0.3 is 0 Å². The Balaban J connectivity index is 2.14. The van der Waals surface area contributed by atoms with Crippen molar-refractivity contribution in [1.29, 1.82) is 0 Å². The molecule has 1 amide bonds. The molecule has 0 saturated carbocycles. The molecule has 0 bridgehead atoms. The first-order chi connectivity index (χ1) is 13.4. The Bertz CT molecular complexity index is 1080. The Morgan fingerprint density at radius 2 is 2.07 bits per heavy atom. The molecule has 3 rings (SSSR count). The smallest absolute Gasteiger partial charge is 0.266 e. The Labute approximate surface area is 173 Å². The molecule has 0 spiro atoms. The van der Waals surface area contributed by atoms with Crippen LogP contribution in [0.25, 0.3) is 16.6 Å². The molecule has 1 N–H and O–H groups in total. The monoisotopic (exact) mass is 415 g/mol. The fraction of sp³-hybridized carbons (Fsp3) is 0.286. The summed E-state index contributed by atoms with van der Waals surface area (Å²) in [5.41, 5.74) is 2.09. The molecule has 5 nitrogen and oxygen atoms in total. The van der Waals surface area contributed by atoms with E-state index >= 15 is 0 Å². The maximum absolute atomic E-state index is 13.3. The van der Waals surface area contributed by atoms with E-state index in [9.17, 15) is 9.59 Å². The number of hydrogen-bond donors (Lipinski definition) is 1. The van der Waals surface area contributed by atoms with Crippen LogP contribution in [-0.4, -0.2) is 27.3 Å². The van der Waals surface area contributed by atoms with E-state index < -0.39 is 5.25 Å². The van der Waals surface area contributed by atoms with E-state index in [1.54, 1.807) is 22.8 Å². The summed E-state index contributed by atoms with van der Waals surface area (Å²) < 4.78 is 1.57. The molecule has 3 aromatic rings. The number of carbonyl (C=O) groups excluding carboxylic acids is 1. The number of carbonyl (C=O) groups is 1. The van der Waals surface area contributed by atoms with Gasteiger partial charge in [0.05, 0.1) is 21.8 Å². The van der Waals surface area contributed by atoms with Crippen molar-refractivity contribution in [2.45, 2.75) is 37.6 Å². The second kappa shape index (κ2) is 8.80. The summed E-state index contributed by atoms with van der Waals surface area (Å²) >= 11 is 7.36. The highest BCUT2D eigenvalue weighted by Crippen LogP contribution is 2.26. The minimum Gasteiger partial charge on any atom is -0.355 e. The number of rotatable bonds is 6. The van der Waals surface area contributed by atoms with Crippen molar-refractivity contribution >= 4 is 40.2 Å². The van der Waals surface area contributed by atoms with Crippen LogP contribution in [0.2, 0.25) is 5.02 Å². The molecule has 0 saturated heterocycles. The van der Waals surface area contributed by atoms with Crippen molar-refractivity contribution in [1.82, 2.24) is 14.9 Å². The Morgan fingerprint density at radius 3 is 2.79 bits per heavy atom. The molecule has 0 aliphatic rings. The molecule has 1 heterocycles. The van der Waals surface area contributed by atoms with E-state index in [4.69, 9.17) is 11.6 Å². The van der Waals surface area contributed by atoms with Crippen molar-refractivity contribution in [3.05, 3.63) is 63.4 Å². The number of aromatic nitrogens is 2. The van der Waals surface area contributed by atoms with E-state index in [2.05, 4.69) is 10.3 Å². The van der Waals surface area contributed by atoms with Gasteiger partial charge in [0.1, 0.15) is 0 Å². The number of aryl methyl sites for hydroxylation is 1. The van der Waals surface area contributed by atoms with Crippen LogP contribution in [-0.2, 0) is 4.79 Å². The summed E-state index contributed by atoms with van der Waals surface area (Å²) in [6.07, 6.45) is 0.865. The third-order valence-corrected chi connectivity index (χ3v) is 5.55. The van der Waals surface area contributed by atoms with Gasteiger partial charge in [-0.15, -0.1) is 0 Å². The topological polar surface area (TPSA) is 64.0 Å². The predicted molar refractivity (Wildman–Crippen MR) is 116 cm³/mol. The normalized spacial score (nSPS) is 12.1. The molecule has 2 aromatic carbocycles. The first kappa shape index (κ1) is 20.4. The summed E-state index contributed by atoms with van der Waals surface area (Å²) in [7, 11) is 0. The lowest BCUT2D eigenvalue weighted by molar-refractivity contribution is -0.120. The van der Waals surface area contributed by atoms with Crippen molar-refractivity contribution < 1.29 is 4.79 Å². The lowest BCUT2D eigenvalue weighted by Crippen LogP contribution is -2.32. The quantitative estimate of drug-likeness (QED) is 0.480. The SMILES string of the molecule is CCCNC(=O)[C@H](C)Sc1nc2cc(Cl)ccc2c(=O)n1-c1cccc(C)c1. The zero-order valence-corrected chi connectivity index (χ0v) is 17.6. The third-order valence-electron chi connectivity index (χ3n) is 4.26. The maximum atomic E-state index is 13.3. The van der Waals surface area contributed by atoms with Gasteiger partial charge in [-0.25, -0.2) is 4.98 Å². The van der Waals surface area contributed by atoms with Gasteiger partial charge in [-0.05, 0) is 56.2 Å². The summed E-state index contributed by atoms with van der Waals surface area (Å²) in [5.74, 6) is -0.0805. The summed E-state index contributed by atoms with van der Waals surface area (Å²) in [6.45, 7) is 6.40. The Kier molecular flexibility index (Phi) is 6.42. The van der Waals surface area contributed by atoms with E-state index in [1.807, 2.05) is 45.0 Å². The predicted octanol–water partition coefficient (Wildman–Crippen LogP) is 4.35. The van der Waals surface area contributed by atoms with Crippen LogP contribution in [0.5, 0.6) is 0 Å². The molecule has 1 atom stereocenters. The number of amides is 1. The van der Waals surface area contributed by atoms with Crippen LogP contribution in [0.1, 0.15) is 25.8 Å². The molecule has 7 heteroatoms. The average molecular weight is 416 g/mol. The van der Waals surface area contributed by atoms with Gasteiger partial charge in [0.15, 0.2) is 5.16 Å². The largest absolute Gasteiger partial charge is 0.355 e. The molecule has 28 heavy (non-hydrogen) atoms. The van der Waals surface area contributed by atoms with Crippen molar-refractivity contribution in [2.24, 2.45) is 0 Å². The van der Waals surface area contributed by atoms with E-state index in [-0.39, 0.29) is 11.5 Å². The second-order valence-electron chi connectivity index (χ2n) is 6.59. The maximum Gasteiger partial charge on any atom is 0.266 e. The van der Waals surface area contributed by atoms with Gasteiger partial charge in [0, 0.05) is 11.6 Å². The van der Waals surface area contributed by atoms with Crippen LogP contribution in [0.4, 0.5) is 0 Å². The fourth-order valence-corrected chi connectivity index (χ4v) is 3.93. The molecule has 1 aromatic heterocycles. The van der Waals surface area contributed by atoms with Crippen LogP contribution >= 0.6 is 23.4 Å². The molecule has 0 aliphatic heterocycles. The second-order valence-corrected chi connectivity index (χ2v) is 8.33. The number of nitrogens with one attached hydrogen (secondary N) is 1. The third kappa shape index (κ3) is 4.39. The number of thioether (sulfide) groups is 1. The number of halogens is 1. The molecule has 0 aliphatic carbocycles. The standard InChI is InChI=1S/C21H22ClN3O2S/c1-4-10-23-19(26)14(3)28-21-24-18-12-15(22)8-9-17(18)20(27)25(21)16-7-5-6-13(2)11-16/h5-9,11-12,14H,4,10H2,1-3H3,(H,23,26)/t14-/m0/s1. The van der Waals surface area contributed by atoms with Crippen molar-refractivity contribution in [3.8, 4) is 5.69 Å².